The van der Waals surface area contributed by atoms with E-state index in [9.17, 15) is 13.2 Å². The summed E-state index contributed by atoms with van der Waals surface area (Å²) in [5, 5.41) is 5.97. The van der Waals surface area contributed by atoms with E-state index in [2.05, 4.69) is 10.2 Å². The van der Waals surface area contributed by atoms with Crippen molar-refractivity contribution in [2.75, 3.05) is 17.7 Å². The van der Waals surface area contributed by atoms with Gasteiger partial charge in [0.2, 0.25) is 0 Å². The van der Waals surface area contributed by atoms with Crippen LogP contribution in [0.25, 0.3) is 0 Å². The fraction of sp³-hybridized carbons (Fsp3) is 0.429. The van der Waals surface area contributed by atoms with Gasteiger partial charge in [0.15, 0.2) is 5.78 Å². The Bertz CT molecular complexity index is 435. The van der Waals surface area contributed by atoms with E-state index in [0.29, 0.717) is 0 Å². The van der Waals surface area contributed by atoms with Crippen LogP contribution in [0, 0.1) is 0 Å². The molecule has 0 atom stereocenters. The van der Waals surface area contributed by atoms with Crippen LogP contribution in [0.5, 0.6) is 0 Å². The predicted octanol–water partition coefficient (Wildman–Crippen LogP) is -0.391. The minimum Gasteiger partial charge on any atom is -0.383 e. The lowest BCUT2D eigenvalue weighted by Crippen LogP contribution is -2.10. The van der Waals surface area contributed by atoms with Gasteiger partial charge < -0.3 is 5.73 Å². The SMILES string of the molecule is CS(=O)(=O)CCC(=O)c1cn[nH]c1N. The zero-order chi connectivity index (χ0) is 10.8. The minimum absolute atomic E-state index is 0.0669. The second-order valence-corrected chi connectivity index (χ2v) is 5.26. The summed E-state index contributed by atoms with van der Waals surface area (Å²) in [6.45, 7) is 0. The third-order valence-electron chi connectivity index (χ3n) is 1.67. The highest BCUT2D eigenvalue weighted by Gasteiger charge is 2.13. The number of rotatable bonds is 4. The Morgan fingerprint density at radius 1 is 1.64 bits per heavy atom. The molecule has 78 valence electrons. The van der Waals surface area contributed by atoms with Crippen molar-refractivity contribution in [1.29, 1.82) is 0 Å². The molecule has 0 aliphatic rings. The van der Waals surface area contributed by atoms with Gasteiger partial charge in [0.05, 0.1) is 17.5 Å². The zero-order valence-corrected chi connectivity index (χ0v) is 8.47. The first-order valence-electron chi connectivity index (χ1n) is 3.90. The van der Waals surface area contributed by atoms with E-state index in [-0.39, 0.29) is 29.3 Å². The fourth-order valence-corrected chi connectivity index (χ4v) is 1.49. The molecule has 1 rings (SSSR count). The second-order valence-electron chi connectivity index (χ2n) is 3.00. The van der Waals surface area contributed by atoms with Crippen molar-refractivity contribution in [2.24, 2.45) is 0 Å². The molecular weight excluding hydrogens is 206 g/mol. The number of Topliss-reactive ketones (excluding diaryl/α,β-unsaturated/α-hetero) is 1. The van der Waals surface area contributed by atoms with E-state index in [4.69, 9.17) is 5.73 Å². The first-order chi connectivity index (χ1) is 6.40. The van der Waals surface area contributed by atoms with Gasteiger partial charge in [-0.3, -0.25) is 9.89 Å². The Morgan fingerprint density at radius 2 is 2.29 bits per heavy atom. The lowest BCUT2D eigenvalue weighted by Gasteiger charge is -1.97. The van der Waals surface area contributed by atoms with Crippen LogP contribution in [0.1, 0.15) is 16.8 Å². The molecule has 3 N–H and O–H groups in total. The van der Waals surface area contributed by atoms with E-state index in [1.807, 2.05) is 0 Å². The van der Waals surface area contributed by atoms with Crippen LogP contribution in [-0.2, 0) is 9.84 Å². The van der Waals surface area contributed by atoms with Crippen molar-refractivity contribution in [2.45, 2.75) is 6.42 Å². The van der Waals surface area contributed by atoms with Crippen molar-refractivity contribution in [3.05, 3.63) is 11.8 Å². The molecule has 1 aromatic heterocycles. The average molecular weight is 217 g/mol. The number of carbonyl (C=O) groups is 1. The third-order valence-corrected chi connectivity index (χ3v) is 2.61. The van der Waals surface area contributed by atoms with Crippen LogP contribution >= 0.6 is 0 Å². The Balaban J connectivity index is 2.65. The maximum Gasteiger partial charge on any atom is 0.169 e. The first-order valence-corrected chi connectivity index (χ1v) is 5.96. The number of ketones is 1. The van der Waals surface area contributed by atoms with Crippen LogP contribution in [0.3, 0.4) is 0 Å². The molecule has 0 aliphatic carbocycles. The number of anilines is 1. The molecule has 0 bridgehead atoms. The van der Waals surface area contributed by atoms with E-state index < -0.39 is 9.84 Å². The van der Waals surface area contributed by atoms with Gasteiger partial charge in [0.1, 0.15) is 15.7 Å². The lowest BCUT2D eigenvalue weighted by molar-refractivity contribution is 0.0989. The van der Waals surface area contributed by atoms with Crippen LogP contribution in [0.4, 0.5) is 5.82 Å². The number of hydrogen-bond donors (Lipinski definition) is 2. The summed E-state index contributed by atoms with van der Waals surface area (Å²) in [5.41, 5.74) is 5.64. The Labute approximate surface area is 81.4 Å². The standard InChI is InChI=1S/C7H11N3O3S/c1-14(12,13)3-2-6(11)5-4-9-10-7(5)8/h4H,2-3H2,1H3,(H3,8,9,10). The highest BCUT2D eigenvalue weighted by atomic mass is 32.2. The number of aromatic nitrogens is 2. The largest absolute Gasteiger partial charge is 0.383 e. The molecule has 6 nitrogen and oxygen atoms in total. The Hall–Kier alpha value is -1.37. The summed E-state index contributed by atoms with van der Waals surface area (Å²) in [6.07, 6.45) is 2.31. The normalized spacial score (nSPS) is 11.5. The van der Waals surface area contributed by atoms with E-state index in [1.54, 1.807) is 0 Å². The number of hydrogen-bond acceptors (Lipinski definition) is 5. The van der Waals surface area contributed by atoms with Crippen LogP contribution in [0.15, 0.2) is 6.20 Å². The number of nitrogens with two attached hydrogens (primary N) is 1. The Kier molecular flexibility index (Phi) is 2.90. The molecule has 1 aromatic rings. The van der Waals surface area contributed by atoms with Crippen LogP contribution in [-0.4, -0.2) is 36.4 Å². The van der Waals surface area contributed by atoms with Crippen molar-refractivity contribution in [3.8, 4) is 0 Å². The third kappa shape index (κ3) is 2.84. The topological polar surface area (TPSA) is 106 Å². The number of sulfone groups is 1. The quantitative estimate of drug-likeness (QED) is 0.668. The smallest absolute Gasteiger partial charge is 0.169 e. The molecule has 0 unspecified atom stereocenters. The van der Waals surface area contributed by atoms with Crippen LogP contribution in [0.2, 0.25) is 0 Å². The molecule has 14 heavy (non-hydrogen) atoms. The molecule has 0 saturated carbocycles. The van der Waals surface area contributed by atoms with Gasteiger partial charge >= 0.3 is 0 Å². The van der Waals surface area contributed by atoms with Gasteiger partial charge in [-0.15, -0.1) is 0 Å². The molecular formula is C7H11N3O3S. The van der Waals surface area contributed by atoms with Crippen molar-refractivity contribution in [3.63, 3.8) is 0 Å². The number of carbonyl (C=O) groups excluding carboxylic acids is 1. The summed E-state index contributed by atoms with van der Waals surface area (Å²) < 4.78 is 21.6. The van der Waals surface area contributed by atoms with Crippen molar-refractivity contribution in [1.82, 2.24) is 10.2 Å². The predicted molar refractivity (Wildman–Crippen MR) is 51.7 cm³/mol. The van der Waals surface area contributed by atoms with Crippen molar-refractivity contribution >= 4 is 21.4 Å². The molecule has 0 fully saturated rings. The summed E-state index contributed by atoms with van der Waals surface area (Å²) in [4.78, 5) is 11.4. The maximum atomic E-state index is 11.4. The summed E-state index contributed by atoms with van der Waals surface area (Å²) >= 11 is 0. The minimum atomic E-state index is -3.12. The molecule has 0 spiro atoms. The Morgan fingerprint density at radius 3 is 2.71 bits per heavy atom. The lowest BCUT2D eigenvalue weighted by atomic mass is 10.2. The van der Waals surface area contributed by atoms with Gasteiger partial charge in [0.25, 0.3) is 0 Å². The highest BCUT2D eigenvalue weighted by molar-refractivity contribution is 7.90. The van der Waals surface area contributed by atoms with Crippen LogP contribution < -0.4 is 5.73 Å². The number of nitrogens with zero attached hydrogens (tertiary/aromatic N) is 1. The number of nitrogen functional groups attached to an aromatic ring is 1. The molecule has 0 aromatic carbocycles. The molecule has 7 heteroatoms. The van der Waals surface area contributed by atoms with Gasteiger partial charge in [0, 0.05) is 12.7 Å². The summed E-state index contributed by atoms with van der Waals surface area (Å²) in [7, 11) is -3.12. The van der Waals surface area contributed by atoms with E-state index >= 15 is 0 Å². The van der Waals surface area contributed by atoms with Gasteiger partial charge in [-0.2, -0.15) is 5.10 Å². The second kappa shape index (κ2) is 3.79. The zero-order valence-electron chi connectivity index (χ0n) is 7.65. The monoisotopic (exact) mass is 217 g/mol. The van der Waals surface area contributed by atoms with Gasteiger partial charge in [-0.05, 0) is 0 Å². The molecule has 0 saturated heterocycles. The number of nitrogens with one attached hydrogen (secondary N) is 1. The number of aromatic amines is 1. The summed E-state index contributed by atoms with van der Waals surface area (Å²) in [6, 6.07) is 0. The first kappa shape index (κ1) is 10.7. The van der Waals surface area contributed by atoms with Gasteiger partial charge in [-0.25, -0.2) is 8.42 Å². The fourth-order valence-electron chi connectivity index (χ4n) is 0.931. The molecule has 0 aliphatic heterocycles. The highest BCUT2D eigenvalue weighted by Crippen LogP contribution is 2.09. The molecule has 0 radical (unpaired) electrons. The van der Waals surface area contributed by atoms with Gasteiger partial charge in [-0.1, -0.05) is 0 Å². The van der Waals surface area contributed by atoms with E-state index in [1.165, 1.54) is 6.20 Å². The molecule has 0 amide bonds. The average Bonchev–Trinajstić information content (AvgIpc) is 2.46. The number of H-pyrrole nitrogens is 1. The summed E-state index contributed by atoms with van der Waals surface area (Å²) in [5.74, 6) is -0.318. The molecule has 1 heterocycles. The van der Waals surface area contributed by atoms with Crippen molar-refractivity contribution < 1.29 is 13.2 Å². The maximum absolute atomic E-state index is 11.4. The van der Waals surface area contributed by atoms with E-state index in [0.717, 1.165) is 6.26 Å².